The SMILES string of the molecule is CCN(CC)C(=O)C(C)n1cc(C(=O)C(F)(F)F)nn1. The highest BCUT2D eigenvalue weighted by Gasteiger charge is 2.41. The Kier molecular flexibility index (Phi) is 4.85. The molecule has 0 aliphatic carbocycles. The first kappa shape index (κ1) is 16.1. The summed E-state index contributed by atoms with van der Waals surface area (Å²) in [5, 5.41) is 6.59. The van der Waals surface area contributed by atoms with Gasteiger partial charge in [-0.15, -0.1) is 5.10 Å². The molecule has 0 N–H and O–H groups in total. The molecular weight excluding hydrogens is 277 g/mol. The highest BCUT2D eigenvalue weighted by molar-refractivity contribution is 5.98. The summed E-state index contributed by atoms with van der Waals surface area (Å²) in [6.07, 6.45) is -4.17. The van der Waals surface area contributed by atoms with E-state index in [4.69, 9.17) is 0 Å². The van der Waals surface area contributed by atoms with Crippen LogP contribution in [0.25, 0.3) is 0 Å². The molecule has 20 heavy (non-hydrogen) atoms. The van der Waals surface area contributed by atoms with Crippen molar-refractivity contribution in [1.82, 2.24) is 19.9 Å². The molecular formula is C11H15F3N4O2. The number of ketones is 1. The molecule has 1 atom stereocenters. The quantitative estimate of drug-likeness (QED) is 0.770. The van der Waals surface area contributed by atoms with Crippen LogP contribution in [0.4, 0.5) is 13.2 Å². The van der Waals surface area contributed by atoms with Crippen molar-refractivity contribution in [3.05, 3.63) is 11.9 Å². The van der Waals surface area contributed by atoms with Crippen molar-refractivity contribution in [3.8, 4) is 0 Å². The van der Waals surface area contributed by atoms with Crippen LogP contribution in [0.2, 0.25) is 0 Å². The molecule has 1 amide bonds. The van der Waals surface area contributed by atoms with Gasteiger partial charge in [0.1, 0.15) is 6.04 Å². The van der Waals surface area contributed by atoms with Gasteiger partial charge in [-0.2, -0.15) is 13.2 Å². The number of nitrogens with zero attached hydrogens (tertiary/aromatic N) is 4. The fourth-order valence-corrected chi connectivity index (χ4v) is 1.63. The summed E-state index contributed by atoms with van der Waals surface area (Å²) in [6, 6.07) is -0.822. The first-order valence-electron chi connectivity index (χ1n) is 6.04. The molecule has 0 aliphatic heterocycles. The highest BCUT2D eigenvalue weighted by Crippen LogP contribution is 2.20. The van der Waals surface area contributed by atoms with E-state index in [-0.39, 0.29) is 5.91 Å². The van der Waals surface area contributed by atoms with E-state index in [2.05, 4.69) is 10.3 Å². The fraction of sp³-hybridized carbons (Fsp3) is 0.636. The minimum absolute atomic E-state index is 0.300. The van der Waals surface area contributed by atoms with Crippen LogP contribution >= 0.6 is 0 Å². The Hall–Kier alpha value is -1.93. The fourth-order valence-electron chi connectivity index (χ4n) is 1.63. The van der Waals surface area contributed by atoms with E-state index in [1.165, 1.54) is 11.8 Å². The molecule has 0 aromatic carbocycles. The summed E-state index contributed by atoms with van der Waals surface area (Å²) in [5.41, 5.74) is -0.823. The molecule has 0 saturated heterocycles. The maximum Gasteiger partial charge on any atom is 0.456 e. The van der Waals surface area contributed by atoms with Gasteiger partial charge in [0.2, 0.25) is 5.91 Å². The predicted octanol–water partition coefficient (Wildman–Crippen LogP) is 1.45. The third-order valence-corrected chi connectivity index (χ3v) is 2.83. The molecule has 0 spiro atoms. The van der Waals surface area contributed by atoms with Crippen LogP contribution in [0.5, 0.6) is 0 Å². The second-order valence-corrected chi connectivity index (χ2v) is 4.10. The molecule has 1 heterocycles. The number of halogens is 3. The zero-order valence-corrected chi connectivity index (χ0v) is 11.3. The van der Waals surface area contributed by atoms with E-state index in [1.807, 2.05) is 0 Å². The van der Waals surface area contributed by atoms with Gasteiger partial charge in [-0.1, -0.05) is 5.21 Å². The van der Waals surface area contributed by atoms with E-state index in [1.54, 1.807) is 13.8 Å². The molecule has 0 bridgehead atoms. The number of likely N-dealkylation sites (N-methyl/N-ethyl adjacent to an activating group) is 1. The molecule has 1 aromatic rings. The summed E-state index contributed by atoms with van der Waals surface area (Å²) in [7, 11) is 0. The van der Waals surface area contributed by atoms with E-state index in [9.17, 15) is 22.8 Å². The normalized spacial score (nSPS) is 13.1. The maximum atomic E-state index is 12.2. The van der Waals surface area contributed by atoms with Gasteiger partial charge in [-0.25, -0.2) is 4.68 Å². The predicted molar refractivity (Wildman–Crippen MR) is 63.0 cm³/mol. The Morgan fingerprint density at radius 2 is 1.90 bits per heavy atom. The molecule has 112 valence electrons. The average Bonchev–Trinajstić information content (AvgIpc) is 2.86. The lowest BCUT2D eigenvalue weighted by Crippen LogP contribution is -2.36. The Labute approximate surface area is 113 Å². The second-order valence-electron chi connectivity index (χ2n) is 4.10. The molecule has 1 aromatic heterocycles. The number of hydrogen-bond acceptors (Lipinski definition) is 4. The van der Waals surface area contributed by atoms with Crippen LogP contribution < -0.4 is 0 Å². The monoisotopic (exact) mass is 292 g/mol. The molecule has 0 radical (unpaired) electrons. The minimum atomic E-state index is -5.01. The van der Waals surface area contributed by atoms with Crippen molar-refractivity contribution >= 4 is 11.7 Å². The van der Waals surface area contributed by atoms with Crippen LogP contribution in [0.15, 0.2) is 6.20 Å². The second kappa shape index (κ2) is 6.02. The average molecular weight is 292 g/mol. The van der Waals surface area contributed by atoms with Crippen molar-refractivity contribution < 1.29 is 22.8 Å². The van der Waals surface area contributed by atoms with Gasteiger partial charge in [0.05, 0.1) is 6.20 Å². The summed E-state index contributed by atoms with van der Waals surface area (Å²) in [5.74, 6) is -2.38. The van der Waals surface area contributed by atoms with Crippen LogP contribution in [0.3, 0.4) is 0 Å². The molecule has 0 aliphatic rings. The largest absolute Gasteiger partial charge is 0.456 e. The van der Waals surface area contributed by atoms with Gasteiger partial charge in [0.15, 0.2) is 5.69 Å². The Morgan fingerprint density at radius 3 is 2.35 bits per heavy atom. The smallest absolute Gasteiger partial charge is 0.341 e. The number of Topliss-reactive ketones (excluding diaryl/α,β-unsaturated/α-hetero) is 1. The van der Waals surface area contributed by atoms with Gasteiger partial charge in [-0.3, -0.25) is 9.59 Å². The van der Waals surface area contributed by atoms with E-state index in [0.717, 1.165) is 10.9 Å². The third kappa shape index (κ3) is 3.34. The lowest BCUT2D eigenvalue weighted by atomic mass is 10.2. The van der Waals surface area contributed by atoms with Gasteiger partial charge in [0.25, 0.3) is 5.78 Å². The van der Waals surface area contributed by atoms with Gasteiger partial charge < -0.3 is 4.90 Å². The number of hydrogen-bond donors (Lipinski definition) is 0. The lowest BCUT2D eigenvalue weighted by Gasteiger charge is -2.22. The van der Waals surface area contributed by atoms with E-state index < -0.39 is 23.7 Å². The van der Waals surface area contributed by atoms with Crippen molar-refractivity contribution in [2.75, 3.05) is 13.1 Å². The highest BCUT2D eigenvalue weighted by atomic mass is 19.4. The number of aromatic nitrogens is 3. The van der Waals surface area contributed by atoms with Crippen molar-refractivity contribution in [3.63, 3.8) is 0 Å². The lowest BCUT2D eigenvalue weighted by molar-refractivity contribution is -0.134. The Bertz CT molecular complexity index is 494. The molecule has 6 nitrogen and oxygen atoms in total. The summed E-state index contributed by atoms with van der Waals surface area (Å²) >= 11 is 0. The topological polar surface area (TPSA) is 68.1 Å². The van der Waals surface area contributed by atoms with Crippen LogP contribution in [-0.4, -0.2) is 50.9 Å². The van der Waals surface area contributed by atoms with Gasteiger partial charge in [0, 0.05) is 13.1 Å². The zero-order valence-electron chi connectivity index (χ0n) is 11.3. The third-order valence-electron chi connectivity index (χ3n) is 2.83. The number of carbonyl (C=O) groups is 2. The van der Waals surface area contributed by atoms with Crippen LogP contribution in [0, 0.1) is 0 Å². The van der Waals surface area contributed by atoms with Gasteiger partial charge in [-0.05, 0) is 20.8 Å². The molecule has 1 unspecified atom stereocenters. The van der Waals surface area contributed by atoms with Gasteiger partial charge >= 0.3 is 6.18 Å². The van der Waals surface area contributed by atoms with Crippen LogP contribution in [0.1, 0.15) is 37.3 Å². The van der Waals surface area contributed by atoms with E-state index in [0.29, 0.717) is 13.1 Å². The van der Waals surface area contributed by atoms with Crippen molar-refractivity contribution in [1.29, 1.82) is 0 Å². The van der Waals surface area contributed by atoms with Crippen molar-refractivity contribution in [2.24, 2.45) is 0 Å². The maximum absolute atomic E-state index is 12.2. The molecule has 1 rings (SSSR count). The zero-order chi connectivity index (χ0) is 15.5. The number of carbonyl (C=O) groups excluding carboxylic acids is 2. The van der Waals surface area contributed by atoms with Crippen LogP contribution in [-0.2, 0) is 4.79 Å². The standard InChI is InChI=1S/C11H15F3N4O2/c1-4-17(5-2)10(20)7(3)18-6-8(15-16-18)9(19)11(12,13)14/h6-7H,4-5H2,1-3H3. The van der Waals surface area contributed by atoms with E-state index >= 15 is 0 Å². The Balaban J connectivity index is 2.92. The number of rotatable bonds is 5. The molecule has 9 heteroatoms. The Morgan fingerprint density at radius 1 is 1.35 bits per heavy atom. The first-order chi connectivity index (χ1) is 9.22. The van der Waals surface area contributed by atoms with Crippen molar-refractivity contribution in [2.45, 2.75) is 33.0 Å². The molecule has 0 saturated carbocycles. The number of amides is 1. The summed E-state index contributed by atoms with van der Waals surface area (Å²) in [4.78, 5) is 24.5. The first-order valence-corrected chi connectivity index (χ1v) is 6.04. The number of alkyl halides is 3. The summed E-state index contributed by atoms with van der Waals surface area (Å²) < 4.78 is 37.7. The molecule has 0 fully saturated rings. The minimum Gasteiger partial charge on any atom is -0.341 e. The summed E-state index contributed by atoms with van der Waals surface area (Å²) in [6.45, 7) is 6.00.